The van der Waals surface area contributed by atoms with Crippen molar-refractivity contribution in [2.45, 2.75) is 18.4 Å². The first-order valence-corrected chi connectivity index (χ1v) is 5.05. The first-order valence-electron chi connectivity index (χ1n) is 4.26. The largest absolute Gasteiger partial charge is 0.321 e. The Morgan fingerprint density at radius 3 is 2.64 bits per heavy atom. The minimum atomic E-state index is -0.403. The summed E-state index contributed by atoms with van der Waals surface area (Å²) in [6.07, 6.45) is 1.82. The maximum absolute atomic E-state index is 10.7. The number of hydrogen-bond acceptors (Lipinski definition) is 3. The van der Waals surface area contributed by atoms with E-state index in [-0.39, 0.29) is 11.2 Å². The lowest BCUT2D eigenvalue weighted by Gasteiger charge is -2.08. The summed E-state index contributed by atoms with van der Waals surface area (Å²) in [6, 6.07) is 5.07. The molecule has 4 nitrogen and oxygen atoms in total. The molecule has 0 spiro atoms. The summed E-state index contributed by atoms with van der Waals surface area (Å²) in [5.74, 6) is 0. The molecular formula is C9H9BrN2O2. The fourth-order valence-corrected chi connectivity index (χ4v) is 1.78. The van der Waals surface area contributed by atoms with E-state index in [0.717, 1.165) is 18.4 Å². The molecule has 0 saturated heterocycles. The Hall–Kier alpha value is -0.940. The molecule has 74 valence electrons. The second-order valence-electron chi connectivity index (χ2n) is 3.58. The third-order valence-electron chi connectivity index (χ3n) is 2.51. The number of nitrogens with two attached hydrogens (primary N) is 1. The molecule has 2 rings (SSSR count). The van der Waals surface area contributed by atoms with E-state index in [1.165, 1.54) is 0 Å². The predicted octanol–water partition coefficient (Wildman–Crippen LogP) is 2.31. The first kappa shape index (κ1) is 9.61. The Kier molecular flexibility index (Phi) is 2.08. The highest BCUT2D eigenvalue weighted by atomic mass is 79.9. The second kappa shape index (κ2) is 3.03. The van der Waals surface area contributed by atoms with Crippen molar-refractivity contribution in [3.8, 4) is 0 Å². The van der Waals surface area contributed by atoms with Crippen LogP contribution in [-0.4, -0.2) is 4.92 Å². The number of nitrogens with zero attached hydrogens (tertiary/aromatic N) is 1. The minimum Gasteiger partial charge on any atom is -0.321 e. The van der Waals surface area contributed by atoms with Crippen molar-refractivity contribution in [1.82, 2.24) is 0 Å². The number of benzene rings is 1. The zero-order valence-electron chi connectivity index (χ0n) is 7.37. The lowest BCUT2D eigenvalue weighted by molar-refractivity contribution is -0.385. The maximum atomic E-state index is 10.7. The number of rotatable bonds is 2. The van der Waals surface area contributed by atoms with Crippen LogP contribution in [0.15, 0.2) is 22.7 Å². The molecule has 1 aliphatic carbocycles. The van der Waals surface area contributed by atoms with Gasteiger partial charge in [0.2, 0.25) is 0 Å². The van der Waals surface area contributed by atoms with Crippen molar-refractivity contribution >= 4 is 21.6 Å². The van der Waals surface area contributed by atoms with Crippen LogP contribution in [0, 0.1) is 10.1 Å². The number of nitro groups is 1. The molecule has 0 heterocycles. The quantitative estimate of drug-likeness (QED) is 0.652. The predicted molar refractivity (Wildman–Crippen MR) is 55.9 cm³/mol. The fourth-order valence-electron chi connectivity index (χ4n) is 1.39. The van der Waals surface area contributed by atoms with Crippen LogP contribution in [0.25, 0.3) is 0 Å². The van der Waals surface area contributed by atoms with Gasteiger partial charge in [0.25, 0.3) is 5.69 Å². The van der Waals surface area contributed by atoms with Gasteiger partial charge in [-0.05, 0) is 40.4 Å². The molecule has 5 heteroatoms. The van der Waals surface area contributed by atoms with Crippen molar-refractivity contribution in [2.75, 3.05) is 0 Å². The lowest BCUT2D eigenvalue weighted by atomic mass is 10.1. The summed E-state index contributed by atoms with van der Waals surface area (Å²) < 4.78 is 0.496. The van der Waals surface area contributed by atoms with Crippen molar-refractivity contribution < 1.29 is 4.92 Å². The number of nitro benzene ring substituents is 1. The molecule has 0 atom stereocenters. The van der Waals surface area contributed by atoms with E-state index < -0.39 is 4.92 Å². The van der Waals surface area contributed by atoms with E-state index in [0.29, 0.717) is 4.47 Å². The molecule has 0 bridgehead atoms. The summed E-state index contributed by atoms with van der Waals surface area (Å²) in [6.45, 7) is 0. The Labute approximate surface area is 89.4 Å². The van der Waals surface area contributed by atoms with Gasteiger partial charge in [-0.3, -0.25) is 10.1 Å². The monoisotopic (exact) mass is 256 g/mol. The third kappa shape index (κ3) is 1.53. The molecule has 1 aliphatic rings. The van der Waals surface area contributed by atoms with Gasteiger partial charge in [0.05, 0.1) is 9.40 Å². The average molecular weight is 257 g/mol. The summed E-state index contributed by atoms with van der Waals surface area (Å²) in [5.41, 5.74) is 6.57. The highest BCUT2D eigenvalue weighted by molar-refractivity contribution is 9.10. The van der Waals surface area contributed by atoms with E-state index >= 15 is 0 Å². The SMILES string of the molecule is NC1(c2ccc(Br)c([N+](=O)[O-])c2)CC1. The third-order valence-corrected chi connectivity index (χ3v) is 3.18. The second-order valence-corrected chi connectivity index (χ2v) is 4.43. The highest BCUT2D eigenvalue weighted by Crippen LogP contribution is 2.44. The van der Waals surface area contributed by atoms with Gasteiger partial charge < -0.3 is 5.73 Å². The molecule has 1 aromatic carbocycles. The fraction of sp³-hybridized carbons (Fsp3) is 0.333. The molecule has 0 amide bonds. The summed E-state index contributed by atoms with van der Waals surface area (Å²) in [7, 11) is 0. The molecule has 0 radical (unpaired) electrons. The topological polar surface area (TPSA) is 69.2 Å². The molecule has 2 N–H and O–H groups in total. The van der Waals surface area contributed by atoms with Crippen LogP contribution in [0.1, 0.15) is 18.4 Å². The lowest BCUT2D eigenvalue weighted by Crippen LogP contribution is -2.18. The van der Waals surface area contributed by atoms with Crippen LogP contribution in [0.3, 0.4) is 0 Å². The van der Waals surface area contributed by atoms with Crippen LogP contribution in [0.4, 0.5) is 5.69 Å². The van der Waals surface area contributed by atoms with Crippen molar-refractivity contribution in [3.63, 3.8) is 0 Å². The molecule has 1 saturated carbocycles. The van der Waals surface area contributed by atoms with E-state index in [9.17, 15) is 10.1 Å². The normalized spacial score (nSPS) is 17.9. The standard InChI is InChI=1S/C9H9BrN2O2/c10-7-2-1-6(9(11)3-4-9)5-8(7)12(13)14/h1-2,5H,3-4,11H2. The Morgan fingerprint density at radius 1 is 1.50 bits per heavy atom. The Balaban J connectivity index is 2.46. The highest BCUT2D eigenvalue weighted by Gasteiger charge is 2.40. The van der Waals surface area contributed by atoms with E-state index in [1.54, 1.807) is 12.1 Å². The van der Waals surface area contributed by atoms with Gasteiger partial charge in [0.1, 0.15) is 0 Å². The molecule has 14 heavy (non-hydrogen) atoms. The summed E-state index contributed by atoms with van der Waals surface area (Å²) in [5, 5.41) is 10.7. The van der Waals surface area contributed by atoms with Gasteiger partial charge in [-0.15, -0.1) is 0 Å². The molecular weight excluding hydrogens is 248 g/mol. The molecule has 0 aliphatic heterocycles. The van der Waals surface area contributed by atoms with Crippen molar-refractivity contribution in [2.24, 2.45) is 5.73 Å². The van der Waals surface area contributed by atoms with Gasteiger partial charge in [0, 0.05) is 11.6 Å². The molecule has 1 fully saturated rings. The zero-order valence-corrected chi connectivity index (χ0v) is 8.95. The molecule has 0 unspecified atom stereocenters. The van der Waals surface area contributed by atoms with Crippen LogP contribution in [0.5, 0.6) is 0 Å². The van der Waals surface area contributed by atoms with E-state index in [2.05, 4.69) is 15.9 Å². The Bertz CT molecular complexity index is 402. The average Bonchev–Trinajstić information content (AvgIpc) is 2.85. The van der Waals surface area contributed by atoms with E-state index in [4.69, 9.17) is 5.73 Å². The van der Waals surface area contributed by atoms with Gasteiger partial charge in [0.15, 0.2) is 0 Å². The van der Waals surface area contributed by atoms with Gasteiger partial charge in [-0.2, -0.15) is 0 Å². The smallest absolute Gasteiger partial charge is 0.283 e. The van der Waals surface area contributed by atoms with Crippen molar-refractivity contribution in [1.29, 1.82) is 0 Å². The Morgan fingerprint density at radius 2 is 2.14 bits per heavy atom. The minimum absolute atomic E-state index is 0.0826. The molecule has 0 aromatic heterocycles. The maximum Gasteiger partial charge on any atom is 0.283 e. The van der Waals surface area contributed by atoms with E-state index in [1.807, 2.05) is 6.07 Å². The number of halogens is 1. The summed E-state index contributed by atoms with van der Waals surface area (Å²) in [4.78, 5) is 10.3. The van der Waals surface area contributed by atoms with Crippen LogP contribution in [-0.2, 0) is 5.54 Å². The van der Waals surface area contributed by atoms with Crippen LogP contribution >= 0.6 is 15.9 Å². The zero-order chi connectivity index (χ0) is 10.3. The van der Waals surface area contributed by atoms with Crippen LogP contribution in [0.2, 0.25) is 0 Å². The van der Waals surface area contributed by atoms with Crippen LogP contribution < -0.4 is 5.73 Å². The summed E-state index contributed by atoms with van der Waals surface area (Å²) >= 11 is 3.14. The number of hydrogen-bond donors (Lipinski definition) is 1. The first-order chi connectivity index (χ1) is 6.53. The molecule has 1 aromatic rings. The van der Waals surface area contributed by atoms with Crippen molar-refractivity contribution in [3.05, 3.63) is 38.3 Å². The van der Waals surface area contributed by atoms with Gasteiger partial charge in [-0.25, -0.2) is 0 Å². The van der Waals surface area contributed by atoms with Gasteiger partial charge in [-0.1, -0.05) is 6.07 Å². The van der Waals surface area contributed by atoms with Gasteiger partial charge >= 0.3 is 0 Å².